The van der Waals surface area contributed by atoms with Crippen molar-refractivity contribution in [3.05, 3.63) is 70.3 Å². The second kappa shape index (κ2) is 5.77. The van der Waals surface area contributed by atoms with Gasteiger partial charge in [0.15, 0.2) is 0 Å². The largest absolute Gasteiger partial charge is 0.106 e. The Morgan fingerprint density at radius 2 is 1.88 bits per heavy atom. The number of rotatable bonds is 2. The third-order valence-corrected chi connectivity index (χ3v) is 3.53. The van der Waals surface area contributed by atoms with E-state index in [-0.39, 0.29) is 0 Å². The molecule has 0 bridgehead atoms. The molecule has 1 aliphatic rings. The first kappa shape index (κ1) is 12.0. The molecule has 1 aromatic rings. The molecule has 0 N–H and O–H groups in total. The fourth-order valence-corrected chi connectivity index (χ4v) is 2.35. The fourth-order valence-electron chi connectivity index (χ4n) is 1.53. The second-order valence-electron chi connectivity index (χ2n) is 4.21. The Morgan fingerprint density at radius 3 is 2.65 bits per heavy atom. The van der Waals surface area contributed by atoms with Crippen LogP contribution in [-0.2, 0) is 0 Å². The van der Waals surface area contributed by atoms with Crippen LogP contribution in [0.2, 0.25) is 0 Å². The van der Waals surface area contributed by atoms with E-state index < -0.39 is 0 Å². The quantitative estimate of drug-likeness (QED) is 0.653. The van der Waals surface area contributed by atoms with Gasteiger partial charge in [-0.15, -0.1) is 5.73 Å². The Hall–Kier alpha value is -1.43. The lowest BCUT2D eigenvalue weighted by molar-refractivity contribution is 1.21. The molecule has 0 aromatic heterocycles. The zero-order chi connectivity index (χ0) is 12.1. The summed E-state index contributed by atoms with van der Waals surface area (Å²) in [6, 6.07) is 8.59. The summed E-state index contributed by atoms with van der Waals surface area (Å²) in [5.41, 5.74) is 5.97. The first-order valence-electron chi connectivity index (χ1n) is 5.77. The lowest BCUT2D eigenvalue weighted by atomic mass is 10.2. The first-order valence-corrected chi connectivity index (χ1v) is 6.59. The fraction of sp³-hybridized carbons (Fsp3) is 0.188. The molecule has 0 aliphatic heterocycles. The molecule has 0 radical (unpaired) electrons. The molecule has 0 unspecified atom stereocenters. The van der Waals surface area contributed by atoms with Gasteiger partial charge in [0.25, 0.3) is 0 Å². The van der Waals surface area contributed by atoms with E-state index in [9.17, 15) is 0 Å². The smallest absolute Gasteiger partial charge is 0.0537 e. The van der Waals surface area contributed by atoms with Gasteiger partial charge in [-0.05, 0) is 44.6 Å². The van der Waals surface area contributed by atoms with E-state index in [1.807, 2.05) is 6.08 Å². The van der Waals surface area contributed by atoms with Crippen molar-refractivity contribution in [2.75, 3.05) is 0 Å². The van der Waals surface area contributed by atoms with Gasteiger partial charge in [-0.2, -0.15) is 0 Å². The van der Waals surface area contributed by atoms with Crippen LogP contribution < -0.4 is 0 Å². The van der Waals surface area contributed by atoms with E-state index in [0.717, 1.165) is 11.3 Å². The van der Waals surface area contributed by atoms with Crippen LogP contribution in [0.1, 0.15) is 18.9 Å². The monoisotopic (exact) mass is 240 g/mol. The SMILES string of the molecule is C/C1=C/C=C=C(Sc2ccc(C)cc2)/C=C\C1. The van der Waals surface area contributed by atoms with Crippen LogP contribution in [-0.4, -0.2) is 0 Å². The van der Waals surface area contributed by atoms with Crippen molar-refractivity contribution in [2.45, 2.75) is 25.2 Å². The minimum absolute atomic E-state index is 1.02. The van der Waals surface area contributed by atoms with Crippen molar-refractivity contribution in [1.29, 1.82) is 0 Å². The molecule has 0 fully saturated rings. The van der Waals surface area contributed by atoms with E-state index in [4.69, 9.17) is 0 Å². The minimum atomic E-state index is 1.02. The molecule has 86 valence electrons. The van der Waals surface area contributed by atoms with Crippen LogP contribution in [0.25, 0.3) is 0 Å². The summed E-state index contributed by atoms with van der Waals surface area (Å²) in [6.45, 7) is 4.25. The zero-order valence-electron chi connectivity index (χ0n) is 10.2. The third kappa shape index (κ3) is 3.81. The van der Waals surface area contributed by atoms with Crippen LogP contribution in [0.4, 0.5) is 0 Å². The van der Waals surface area contributed by atoms with Crippen molar-refractivity contribution in [3.63, 3.8) is 0 Å². The molecule has 0 saturated carbocycles. The number of allylic oxidation sites excluding steroid dienone is 4. The summed E-state index contributed by atoms with van der Waals surface area (Å²) < 4.78 is 0. The molecular formula is C16H16S. The van der Waals surface area contributed by atoms with Gasteiger partial charge in [0, 0.05) is 4.90 Å². The van der Waals surface area contributed by atoms with Crippen molar-refractivity contribution < 1.29 is 0 Å². The molecule has 1 aliphatic carbocycles. The van der Waals surface area contributed by atoms with Crippen molar-refractivity contribution in [1.82, 2.24) is 0 Å². The van der Waals surface area contributed by atoms with Gasteiger partial charge >= 0.3 is 0 Å². The predicted molar refractivity (Wildman–Crippen MR) is 76.1 cm³/mol. The topological polar surface area (TPSA) is 0 Å². The maximum Gasteiger partial charge on any atom is 0.0537 e. The molecule has 0 amide bonds. The number of hydrogen-bond donors (Lipinski definition) is 0. The Morgan fingerprint density at radius 1 is 1.12 bits per heavy atom. The zero-order valence-corrected chi connectivity index (χ0v) is 11.1. The van der Waals surface area contributed by atoms with Gasteiger partial charge in [0.1, 0.15) is 0 Å². The molecule has 1 aromatic carbocycles. The highest BCUT2D eigenvalue weighted by Gasteiger charge is 1.97. The summed E-state index contributed by atoms with van der Waals surface area (Å²) in [4.78, 5) is 2.43. The van der Waals surface area contributed by atoms with Crippen LogP contribution in [0.5, 0.6) is 0 Å². The number of hydrogen-bond acceptors (Lipinski definition) is 1. The molecule has 0 heterocycles. The van der Waals surface area contributed by atoms with E-state index in [1.165, 1.54) is 16.0 Å². The molecular weight excluding hydrogens is 224 g/mol. The highest BCUT2D eigenvalue weighted by atomic mass is 32.2. The number of benzene rings is 1. The molecule has 0 spiro atoms. The minimum Gasteiger partial charge on any atom is -0.106 e. The number of aryl methyl sites for hydroxylation is 1. The Balaban J connectivity index is 2.18. The predicted octanol–water partition coefficient (Wildman–Crippen LogP) is 5.03. The van der Waals surface area contributed by atoms with Crippen molar-refractivity contribution in [2.24, 2.45) is 0 Å². The van der Waals surface area contributed by atoms with Crippen molar-refractivity contribution in [3.8, 4) is 0 Å². The van der Waals surface area contributed by atoms with Gasteiger partial charge in [0.05, 0.1) is 4.91 Å². The summed E-state index contributed by atoms with van der Waals surface area (Å²) in [5, 5.41) is 0. The third-order valence-electron chi connectivity index (χ3n) is 2.55. The second-order valence-corrected chi connectivity index (χ2v) is 5.33. The Labute approximate surface area is 107 Å². The van der Waals surface area contributed by atoms with E-state index >= 15 is 0 Å². The molecule has 2 rings (SSSR count). The lowest BCUT2D eigenvalue weighted by Gasteiger charge is -2.02. The van der Waals surface area contributed by atoms with Crippen LogP contribution in [0.3, 0.4) is 0 Å². The maximum absolute atomic E-state index is 3.31. The normalized spacial score (nSPS) is 19.9. The summed E-state index contributed by atoms with van der Waals surface area (Å²) in [7, 11) is 0. The average molecular weight is 240 g/mol. The van der Waals surface area contributed by atoms with Crippen LogP contribution >= 0.6 is 11.8 Å². The van der Waals surface area contributed by atoms with E-state index in [1.54, 1.807) is 11.8 Å². The maximum atomic E-state index is 3.31. The highest BCUT2D eigenvalue weighted by molar-refractivity contribution is 8.03. The van der Waals surface area contributed by atoms with Gasteiger partial charge in [-0.3, -0.25) is 0 Å². The lowest BCUT2D eigenvalue weighted by Crippen LogP contribution is -1.78. The average Bonchev–Trinajstić information content (AvgIpc) is 2.29. The summed E-state index contributed by atoms with van der Waals surface area (Å²) >= 11 is 1.76. The standard InChI is InChI=1S/C16H16S/c1-13-5-3-7-15(8-4-6-13)17-16-11-9-14(2)10-12-16/h3-5,8-12H,6H2,1-2H3/b8-4-,13-5-. The molecule has 17 heavy (non-hydrogen) atoms. The molecule has 0 atom stereocenters. The summed E-state index contributed by atoms with van der Waals surface area (Å²) in [6.07, 6.45) is 9.50. The van der Waals surface area contributed by atoms with Gasteiger partial charge in [0.2, 0.25) is 0 Å². The molecule has 1 heteroatoms. The molecule has 0 nitrogen and oxygen atoms in total. The number of thioether (sulfide) groups is 1. The van der Waals surface area contributed by atoms with E-state index in [2.05, 4.69) is 62.1 Å². The summed E-state index contributed by atoms with van der Waals surface area (Å²) in [5.74, 6) is 0. The van der Waals surface area contributed by atoms with Gasteiger partial charge in [-0.25, -0.2) is 0 Å². The highest BCUT2D eigenvalue weighted by Crippen LogP contribution is 2.27. The van der Waals surface area contributed by atoms with Crippen LogP contribution in [0.15, 0.2) is 69.7 Å². The molecule has 0 saturated heterocycles. The van der Waals surface area contributed by atoms with Gasteiger partial charge in [-0.1, -0.05) is 47.2 Å². The van der Waals surface area contributed by atoms with Crippen molar-refractivity contribution >= 4 is 11.8 Å². The van der Waals surface area contributed by atoms with Crippen LogP contribution in [0, 0.1) is 6.92 Å². The van der Waals surface area contributed by atoms with E-state index in [0.29, 0.717) is 0 Å². The Bertz CT molecular complexity index is 509. The first-order chi connectivity index (χ1) is 8.24. The Kier molecular flexibility index (Phi) is 4.08. The van der Waals surface area contributed by atoms with Gasteiger partial charge < -0.3 is 0 Å².